The molecule has 0 N–H and O–H groups in total. The molecule has 0 aliphatic heterocycles. The van der Waals surface area contributed by atoms with E-state index in [2.05, 4.69) is 39.8 Å². The van der Waals surface area contributed by atoms with E-state index in [1.807, 2.05) is 0 Å². The maximum atomic E-state index is 6.03. The number of rotatable bonds is 2. The van der Waals surface area contributed by atoms with E-state index in [0.717, 1.165) is 44.3 Å². The lowest BCUT2D eigenvalue weighted by Gasteiger charge is -2.15. The summed E-state index contributed by atoms with van der Waals surface area (Å²) in [4.78, 5) is 9.58. The summed E-state index contributed by atoms with van der Waals surface area (Å²) >= 11 is 12.1. The van der Waals surface area contributed by atoms with Crippen molar-refractivity contribution in [3.63, 3.8) is 0 Å². The molecule has 0 fully saturated rings. The minimum atomic E-state index is 0.407. The first kappa shape index (κ1) is 15.5. The Morgan fingerprint density at radius 1 is 0.727 bits per heavy atom. The lowest BCUT2D eigenvalue weighted by molar-refractivity contribution is 1.14. The summed E-state index contributed by atoms with van der Waals surface area (Å²) in [6, 6.07) is 4.34. The molecule has 0 saturated carbocycles. The first-order valence-electron chi connectivity index (χ1n) is 7.29. The van der Waals surface area contributed by atoms with E-state index in [1.165, 1.54) is 11.1 Å². The number of pyridine rings is 2. The predicted octanol–water partition coefficient (Wildman–Crippen LogP) is 5.49. The molecule has 3 aromatic rings. The summed E-state index contributed by atoms with van der Waals surface area (Å²) in [5, 5.41) is 2.29. The van der Waals surface area contributed by atoms with Crippen molar-refractivity contribution in [3.05, 3.63) is 45.8 Å². The maximum absolute atomic E-state index is 6.03. The number of alkyl halides is 2. The zero-order chi connectivity index (χ0) is 16.0. The van der Waals surface area contributed by atoms with E-state index < -0.39 is 0 Å². The van der Waals surface area contributed by atoms with Gasteiger partial charge in [0.15, 0.2) is 0 Å². The van der Waals surface area contributed by atoms with E-state index >= 15 is 0 Å². The Balaban J connectivity index is 2.56. The number of hydrogen-bond donors (Lipinski definition) is 0. The van der Waals surface area contributed by atoms with E-state index in [0.29, 0.717) is 11.8 Å². The van der Waals surface area contributed by atoms with Crippen molar-refractivity contribution in [1.29, 1.82) is 0 Å². The summed E-state index contributed by atoms with van der Waals surface area (Å²) in [6.45, 7) is 8.39. The molecular weight excluding hydrogens is 315 g/mol. The summed E-state index contributed by atoms with van der Waals surface area (Å²) in [6.07, 6.45) is 0. The number of aryl methyl sites for hydroxylation is 4. The Morgan fingerprint density at radius 3 is 1.41 bits per heavy atom. The van der Waals surface area contributed by atoms with Gasteiger partial charge in [-0.1, -0.05) is 0 Å². The monoisotopic (exact) mass is 332 g/mol. The van der Waals surface area contributed by atoms with Gasteiger partial charge in [0.1, 0.15) is 0 Å². The van der Waals surface area contributed by atoms with Crippen molar-refractivity contribution in [1.82, 2.24) is 9.97 Å². The molecule has 0 amide bonds. The minimum absolute atomic E-state index is 0.407. The standard InChI is InChI=1S/C18H18Cl2N2/c1-9-5-13-11(3)12(4)14-6-10(2)16(8-20)22-18(14)17(13)21-15(9)7-19/h5-6H,7-8H2,1-4H3. The van der Waals surface area contributed by atoms with Gasteiger partial charge in [0.05, 0.1) is 34.2 Å². The fraction of sp³-hybridized carbons (Fsp3) is 0.333. The second-order valence-corrected chi connectivity index (χ2v) is 6.35. The fourth-order valence-electron chi connectivity index (χ4n) is 2.91. The van der Waals surface area contributed by atoms with Crippen LogP contribution in [0.1, 0.15) is 33.6 Å². The van der Waals surface area contributed by atoms with E-state index in [4.69, 9.17) is 33.2 Å². The summed E-state index contributed by atoms with van der Waals surface area (Å²) in [5.74, 6) is 0.814. The maximum Gasteiger partial charge on any atom is 0.0971 e. The number of halogens is 2. The smallest absolute Gasteiger partial charge is 0.0971 e. The van der Waals surface area contributed by atoms with Crippen LogP contribution in [0.2, 0.25) is 0 Å². The second-order valence-electron chi connectivity index (χ2n) is 5.81. The van der Waals surface area contributed by atoms with Gasteiger partial charge in [0, 0.05) is 10.8 Å². The summed E-state index contributed by atoms with van der Waals surface area (Å²) < 4.78 is 0. The molecule has 0 saturated heterocycles. The van der Waals surface area contributed by atoms with Crippen LogP contribution in [0.3, 0.4) is 0 Å². The zero-order valence-corrected chi connectivity index (χ0v) is 14.7. The average molecular weight is 333 g/mol. The van der Waals surface area contributed by atoms with Crippen LogP contribution in [0.4, 0.5) is 0 Å². The zero-order valence-electron chi connectivity index (χ0n) is 13.2. The number of aromatic nitrogens is 2. The first-order valence-corrected chi connectivity index (χ1v) is 8.36. The Kier molecular flexibility index (Phi) is 4.00. The molecule has 0 spiro atoms. The van der Waals surface area contributed by atoms with Gasteiger partial charge in [-0.3, -0.25) is 0 Å². The number of hydrogen-bond acceptors (Lipinski definition) is 2. The van der Waals surface area contributed by atoms with Crippen molar-refractivity contribution in [3.8, 4) is 0 Å². The normalized spacial score (nSPS) is 11.5. The van der Waals surface area contributed by atoms with Gasteiger partial charge in [-0.15, -0.1) is 23.2 Å². The number of fused-ring (bicyclic) bond motifs is 3. The number of benzene rings is 1. The van der Waals surface area contributed by atoms with Crippen LogP contribution in [-0.4, -0.2) is 9.97 Å². The van der Waals surface area contributed by atoms with Gasteiger partial charge in [0.2, 0.25) is 0 Å². The Bertz CT molecular complexity index is 826. The highest BCUT2D eigenvalue weighted by molar-refractivity contribution is 6.17. The van der Waals surface area contributed by atoms with E-state index in [9.17, 15) is 0 Å². The first-order chi connectivity index (χ1) is 10.5. The molecule has 4 heteroatoms. The van der Waals surface area contributed by atoms with Gasteiger partial charge in [-0.25, -0.2) is 9.97 Å². The molecule has 0 radical (unpaired) electrons. The molecule has 2 nitrogen and oxygen atoms in total. The third kappa shape index (κ3) is 2.26. The highest BCUT2D eigenvalue weighted by Gasteiger charge is 2.15. The quantitative estimate of drug-likeness (QED) is 0.457. The molecule has 0 bridgehead atoms. The SMILES string of the molecule is Cc1cc2c(C)c(C)c3cc(C)c(CCl)nc3c2nc1CCl. The molecule has 2 aromatic heterocycles. The van der Waals surface area contributed by atoms with Crippen molar-refractivity contribution in [2.45, 2.75) is 39.5 Å². The van der Waals surface area contributed by atoms with Crippen LogP contribution in [0.5, 0.6) is 0 Å². The topological polar surface area (TPSA) is 25.8 Å². The van der Waals surface area contributed by atoms with Crippen LogP contribution >= 0.6 is 23.2 Å². The Hall–Kier alpha value is -1.38. The summed E-state index contributed by atoms with van der Waals surface area (Å²) in [7, 11) is 0. The molecule has 0 unspecified atom stereocenters. The fourth-order valence-corrected chi connectivity index (χ4v) is 3.45. The predicted molar refractivity (Wildman–Crippen MR) is 95.1 cm³/mol. The van der Waals surface area contributed by atoms with Crippen molar-refractivity contribution >= 4 is 45.0 Å². The Labute approximate surface area is 140 Å². The van der Waals surface area contributed by atoms with Gasteiger partial charge >= 0.3 is 0 Å². The third-order valence-corrected chi connectivity index (χ3v) is 4.99. The lowest BCUT2D eigenvalue weighted by Crippen LogP contribution is -2.00. The molecule has 3 rings (SSSR count). The van der Waals surface area contributed by atoms with Crippen LogP contribution < -0.4 is 0 Å². The molecule has 0 aliphatic carbocycles. The van der Waals surface area contributed by atoms with Gasteiger partial charge in [0.25, 0.3) is 0 Å². The van der Waals surface area contributed by atoms with Crippen LogP contribution in [0, 0.1) is 27.7 Å². The molecule has 114 valence electrons. The van der Waals surface area contributed by atoms with Crippen LogP contribution in [0.15, 0.2) is 12.1 Å². The lowest BCUT2D eigenvalue weighted by atomic mass is 9.96. The Morgan fingerprint density at radius 2 is 1.09 bits per heavy atom. The number of nitrogens with zero attached hydrogens (tertiary/aromatic N) is 2. The van der Waals surface area contributed by atoms with Crippen LogP contribution in [0.25, 0.3) is 21.8 Å². The van der Waals surface area contributed by atoms with Gasteiger partial charge in [-0.2, -0.15) is 0 Å². The van der Waals surface area contributed by atoms with E-state index in [1.54, 1.807) is 0 Å². The molecule has 0 aliphatic rings. The molecule has 2 heterocycles. The summed E-state index contributed by atoms with van der Waals surface area (Å²) in [5.41, 5.74) is 8.40. The molecule has 0 atom stereocenters. The van der Waals surface area contributed by atoms with Crippen LogP contribution in [-0.2, 0) is 11.8 Å². The largest absolute Gasteiger partial charge is 0.249 e. The van der Waals surface area contributed by atoms with Crippen molar-refractivity contribution in [2.24, 2.45) is 0 Å². The van der Waals surface area contributed by atoms with E-state index in [-0.39, 0.29) is 0 Å². The highest BCUT2D eigenvalue weighted by atomic mass is 35.5. The highest BCUT2D eigenvalue weighted by Crippen LogP contribution is 2.32. The third-order valence-electron chi connectivity index (χ3n) is 4.48. The van der Waals surface area contributed by atoms with Gasteiger partial charge in [-0.05, 0) is 62.1 Å². The molecule has 1 aromatic carbocycles. The van der Waals surface area contributed by atoms with Crippen molar-refractivity contribution < 1.29 is 0 Å². The molecular formula is C18H18Cl2N2. The molecule has 22 heavy (non-hydrogen) atoms. The second kappa shape index (κ2) is 5.68. The van der Waals surface area contributed by atoms with Gasteiger partial charge < -0.3 is 0 Å². The average Bonchev–Trinajstić information content (AvgIpc) is 2.52. The minimum Gasteiger partial charge on any atom is -0.249 e. The van der Waals surface area contributed by atoms with Crippen molar-refractivity contribution in [2.75, 3.05) is 0 Å².